The quantitative estimate of drug-likeness (QED) is 0.730. The number of carboxylic acids is 1. The normalized spacial score (nSPS) is 19.5. The second-order valence-electron chi connectivity index (χ2n) is 7.75. The molecule has 2 aromatic rings. The van der Waals surface area contributed by atoms with Gasteiger partial charge < -0.3 is 19.5 Å². The van der Waals surface area contributed by atoms with Gasteiger partial charge in [0.2, 0.25) is 5.88 Å². The molecular formula is C21H23F3N2O5S. The molecule has 1 spiro atoms. The molecule has 0 saturated carbocycles. The van der Waals surface area contributed by atoms with Crippen molar-refractivity contribution in [3.8, 4) is 5.88 Å². The highest BCUT2D eigenvalue weighted by molar-refractivity contribution is 7.14. The van der Waals surface area contributed by atoms with E-state index in [9.17, 15) is 18.0 Å². The minimum atomic E-state index is -5.08. The van der Waals surface area contributed by atoms with Gasteiger partial charge in [0, 0.05) is 30.0 Å². The van der Waals surface area contributed by atoms with Crippen molar-refractivity contribution >= 4 is 23.2 Å². The average molecular weight is 472 g/mol. The average Bonchev–Trinajstić information content (AvgIpc) is 3.05. The van der Waals surface area contributed by atoms with Crippen LogP contribution in [0.5, 0.6) is 5.88 Å². The summed E-state index contributed by atoms with van der Waals surface area (Å²) in [5, 5.41) is 7.12. The second kappa shape index (κ2) is 9.45. The van der Waals surface area contributed by atoms with E-state index >= 15 is 0 Å². The van der Waals surface area contributed by atoms with Crippen molar-refractivity contribution in [3.63, 3.8) is 0 Å². The second-order valence-corrected chi connectivity index (χ2v) is 9.00. The number of aryl methyl sites for hydroxylation is 2. The van der Waals surface area contributed by atoms with Crippen LogP contribution in [-0.2, 0) is 9.53 Å². The van der Waals surface area contributed by atoms with Crippen LogP contribution in [0.15, 0.2) is 30.5 Å². The Bertz CT molecular complexity index is 939. The molecule has 2 fully saturated rings. The van der Waals surface area contributed by atoms with Gasteiger partial charge in [0.05, 0.1) is 24.6 Å². The summed E-state index contributed by atoms with van der Waals surface area (Å²) in [6.07, 6.45) is -1.60. The number of pyridine rings is 1. The number of ether oxygens (including phenoxy) is 2. The van der Waals surface area contributed by atoms with Crippen LogP contribution in [-0.4, -0.2) is 64.4 Å². The van der Waals surface area contributed by atoms with Crippen molar-refractivity contribution in [2.24, 2.45) is 0 Å². The molecule has 32 heavy (non-hydrogen) atoms. The SMILES string of the molecule is Cc1cc(C(=O)N2CC3(CC(Oc4ccccn4)CCO3)C2)sc1C.O=C(O)C(F)(F)F. The predicted octanol–water partition coefficient (Wildman–Crippen LogP) is 3.85. The van der Waals surface area contributed by atoms with Crippen molar-refractivity contribution in [2.45, 2.75) is 44.6 Å². The largest absolute Gasteiger partial charge is 0.490 e. The van der Waals surface area contributed by atoms with Gasteiger partial charge >= 0.3 is 12.1 Å². The van der Waals surface area contributed by atoms with Crippen molar-refractivity contribution in [3.05, 3.63) is 45.8 Å². The molecule has 4 rings (SSSR count). The molecule has 7 nitrogen and oxygen atoms in total. The number of alkyl halides is 3. The van der Waals surface area contributed by atoms with Crippen LogP contribution in [0.25, 0.3) is 0 Å². The number of hydrogen-bond donors (Lipinski definition) is 1. The summed E-state index contributed by atoms with van der Waals surface area (Å²) in [6, 6.07) is 7.66. The van der Waals surface area contributed by atoms with Crippen molar-refractivity contribution in [1.29, 1.82) is 0 Å². The zero-order valence-electron chi connectivity index (χ0n) is 17.5. The molecule has 2 aromatic heterocycles. The number of rotatable bonds is 3. The van der Waals surface area contributed by atoms with E-state index in [-0.39, 0.29) is 17.6 Å². The van der Waals surface area contributed by atoms with E-state index in [1.165, 1.54) is 10.4 Å². The third kappa shape index (κ3) is 5.77. The summed E-state index contributed by atoms with van der Waals surface area (Å²) in [6.45, 7) is 6.05. The van der Waals surface area contributed by atoms with E-state index in [4.69, 9.17) is 19.4 Å². The number of carbonyl (C=O) groups excluding carboxylic acids is 1. The molecule has 2 aliphatic heterocycles. The molecule has 2 aliphatic rings. The van der Waals surface area contributed by atoms with E-state index < -0.39 is 12.1 Å². The van der Waals surface area contributed by atoms with Crippen LogP contribution in [0.3, 0.4) is 0 Å². The van der Waals surface area contributed by atoms with Crippen molar-refractivity contribution in [2.75, 3.05) is 19.7 Å². The summed E-state index contributed by atoms with van der Waals surface area (Å²) in [4.78, 5) is 29.7. The van der Waals surface area contributed by atoms with E-state index in [1.807, 2.05) is 36.1 Å². The zero-order chi connectivity index (χ0) is 23.5. The Morgan fingerprint density at radius 3 is 2.53 bits per heavy atom. The standard InChI is InChI=1S/C19H22N2O3S.C2HF3O2/c1-13-9-16(25-14(13)2)18(22)21-11-19(12-21)10-15(6-8-23-19)24-17-5-3-4-7-20-17;3-2(4,5)1(6)7/h3-5,7,9,15H,6,8,10-12H2,1-2H3;(H,6,7). The van der Waals surface area contributed by atoms with Gasteiger partial charge in [-0.1, -0.05) is 6.07 Å². The van der Waals surface area contributed by atoms with Gasteiger partial charge in [0.1, 0.15) is 11.7 Å². The molecule has 11 heteroatoms. The molecule has 1 N–H and O–H groups in total. The number of carbonyl (C=O) groups is 2. The molecule has 0 radical (unpaired) electrons. The van der Waals surface area contributed by atoms with E-state index in [2.05, 4.69) is 11.9 Å². The van der Waals surface area contributed by atoms with Gasteiger partial charge in [-0.05, 0) is 31.5 Å². The Hall–Kier alpha value is -2.66. The van der Waals surface area contributed by atoms with Crippen molar-refractivity contribution in [1.82, 2.24) is 9.88 Å². The van der Waals surface area contributed by atoms with E-state index in [0.29, 0.717) is 25.6 Å². The molecule has 1 atom stereocenters. The predicted molar refractivity (Wildman–Crippen MR) is 110 cm³/mol. The van der Waals surface area contributed by atoms with Gasteiger partial charge in [-0.2, -0.15) is 13.2 Å². The lowest BCUT2D eigenvalue weighted by Gasteiger charge is -2.52. The maximum Gasteiger partial charge on any atom is 0.490 e. The first-order valence-corrected chi connectivity index (χ1v) is 10.7. The minimum Gasteiger partial charge on any atom is -0.475 e. The molecule has 1 amide bonds. The topological polar surface area (TPSA) is 89.0 Å². The molecular weight excluding hydrogens is 449 g/mol. The lowest BCUT2D eigenvalue weighted by atomic mass is 9.84. The molecule has 0 aromatic carbocycles. The first-order valence-electron chi connectivity index (χ1n) is 9.87. The molecule has 174 valence electrons. The number of aliphatic carboxylic acids is 1. The first kappa shape index (κ1) is 24.0. The summed E-state index contributed by atoms with van der Waals surface area (Å²) in [5.74, 6) is -1.99. The lowest BCUT2D eigenvalue weighted by molar-refractivity contribution is -0.192. The smallest absolute Gasteiger partial charge is 0.475 e. The molecule has 4 heterocycles. The fourth-order valence-corrected chi connectivity index (χ4v) is 4.52. The third-order valence-corrected chi connectivity index (χ3v) is 6.38. The maximum atomic E-state index is 12.6. The van der Waals surface area contributed by atoms with Gasteiger partial charge in [0.15, 0.2) is 0 Å². The third-order valence-electron chi connectivity index (χ3n) is 5.24. The van der Waals surface area contributed by atoms with Gasteiger partial charge in [-0.25, -0.2) is 9.78 Å². The summed E-state index contributed by atoms with van der Waals surface area (Å²) in [7, 11) is 0. The zero-order valence-corrected chi connectivity index (χ0v) is 18.3. The van der Waals surface area contributed by atoms with Gasteiger partial charge in [-0.15, -0.1) is 11.3 Å². The summed E-state index contributed by atoms with van der Waals surface area (Å²) < 4.78 is 43.8. The number of aromatic nitrogens is 1. The number of nitrogens with zero attached hydrogens (tertiary/aromatic N) is 2. The highest BCUT2D eigenvalue weighted by Crippen LogP contribution is 2.37. The van der Waals surface area contributed by atoms with Gasteiger partial charge in [0.25, 0.3) is 5.91 Å². The van der Waals surface area contributed by atoms with E-state index in [1.54, 1.807) is 17.5 Å². The Kier molecular flexibility index (Phi) is 7.09. The molecule has 1 unspecified atom stereocenters. The molecule has 0 bridgehead atoms. The van der Waals surface area contributed by atoms with Gasteiger partial charge in [-0.3, -0.25) is 4.79 Å². The maximum absolute atomic E-state index is 12.6. The number of likely N-dealkylation sites (tertiary alicyclic amines) is 1. The van der Waals surface area contributed by atoms with Crippen LogP contribution in [0.2, 0.25) is 0 Å². The Morgan fingerprint density at radius 1 is 1.31 bits per heavy atom. The number of carboxylic acid groups (broad SMARTS) is 1. The number of hydrogen-bond acceptors (Lipinski definition) is 6. The van der Waals surface area contributed by atoms with Crippen LogP contribution in [0.4, 0.5) is 13.2 Å². The van der Waals surface area contributed by atoms with Crippen LogP contribution < -0.4 is 4.74 Å². The first-order chi connectivity index (χ1) is 15.0. The highest BCUT2D eigenvalue weighted by Gasteiger charge is 2.50. The Balaban J connectivity index is 0.000000360. The van der Waals surface area contributed by atoms with E-state index in [0.717, 1.165) is 17.7 Å². The number of thiophene rings is 1. The fourth-order valence-electron chi connectivity index (χ4n) is 3.52. The summed E-state index contributed by atoms with van der Waals surface area (Å²) in [5.41, 5.74) is 0.927. The van der Waals surface area contributed by atoms with Crippen molar-refractivity contribution < 1.29 is 37.3 Å². The lowest BCUT2D eigenvalue weighted by Crippen LogP contribution is -2.67. The molecule has 2 saturated heterocycles. The molecule has 0 aliphatic carbocycles. The Labute approximate surface area is 186 Å². The van der Waals surface area contributed by atoms with Crippen LogP contribution >= 0.6 is 11.3 Å². The van der Waals surface area contributed by atoms with Crippen LogP contribution in [0, 0.1) is 13.8 Å². The summed E-state index contributed by atoms with van der Waals surface area (Å²) >= 11 is 1.57. The Morgan fingerprint density at radius 2 is 2.00 bits per heavy atom. The minimum absolute atomic E-state index is 0.0899. The number of halogens is 3. The highest BCUT2D eigenvalue weighted by atomic mass is 32.1. The monoisotopic (exact) mass is 472 g/mol. The fraction of sp³-hybridized carbons (Fsp3) is 0.476. The van der Waals surface area contributed by atoms with Crippen LogP contribution in [0.1, 0.15) is 33.0 Å². The number of amides is 1.